The molecule has 4 N–H and O–H groups in total. The van der Waals surface area contributed by atoms with E-state index in [0.29, 0.717) is 12.8 Å². The second-order valence-electron chi connectivity index (χ2n) is 8.47. The molecule has 2 unspecified atom stereocenters. The molecular weight excluding hydrogens is 416 g/mol. The van der Waals surface area contributed by atoms with E-state index >= 15 is 0 Å². The average molecular weight is 442 g/mol. The van der Waals surface area contributed by atoms with Crippen LogP contribution in [0.1, 0.15) is 38.5 Å². The van der Waals surface area contributed by atoms with E-state index in [-0.39, 0.29) is 35.7 Å². The summed E-state index contributed by atoms with van der Waals surface area (Å²) in [7, 11) is 0. The summed E-state index contributed by atoms with van der Waals surface area (Å²) in [5.74, 6) is -2.68. The fraction of sp³-hybridized carbons (Fsp3) is 0.417. The third-order valence-corrected chi connectivity index (χ3v) is 5.99. The molecule has 4 aliphatic rings. The van der Waals surface area contributed by atoms with Crippen molar-refractivity contribution in [1.82, 2.24) is 0 Å². The SMILES string of the molecule is O=C(O[C@H]1CC2=C(C=CCC2)C[C@H]1OC(=O)C1C=C(O)C=C(O)C1)C1=CC(O)=CC(O)C1. The van der Waals surface area contributed by atoms with Gasteiger partial charge < -0.3 is 29.9 Å². The number of aliphatic hydroxyl groups is 4. The first-order valence-corrected chi connectivity index (χ1v) is 10.7. The highest BCUT2D eigenvalue weighted by atomic mass is 16.6. The van der Waals surface area contributed by atoms with Crippen LogP contribution in [-0.4, -0.2) is 50.7 Å². The van der Waals surface area contributed by atoms with Gasteiger partial charge in [-0.15, -0.1) is 0 Å². The minimum Gasteiger partial charge on any atom is -0.512 e. The number of hydrogen-bond donors (Lipinski definition) is 4. The lowest BCUT2D eigenvalue weighted by atomic mass is 9.82. The van der Waals surface area contributed by atoms with Gasteiger partial charge in [0, 0.05) is 37.3 Å². The topological polar surface area (TPSA) is 134 Å². The highest BCUT2D eigenvalue weighted by molar-refractivity contribution is 5.89. The van der Waals surface area contributed by atoms with Gasteiger partial charge >= 0.3 is 11.9 Å². The van der Waals surface area contributed by atoms with Gasteiger partial charge in [0.2, 0.25) is 0 Å². The predicted octanol–water partition coefficient (Wildman–Crippen LogP) is 3.29. The second kappa shape index (κ2) is 9.08. The van der Waals surface area contributed by atoms with Gasteiger partial charge in [-0.25, -0.2) is 4.79 Å². The van der Waals surface area contributed by atoms with Crippen molar-refractivity contribution in [2.24, 2.45) is 5.92 Å². The van der Waals surface area contributed by atoms with Crippen LogP contribution in [0.25, 0.3) is 0 Å². The van der Waals surface area contributed by atoms with E-state index in [1.54, 1.807) is 0 Å². The van der Waals surface area contributed by atoms with Crippen molar-refractivity contribution in [3.8, 4) is 0 Å². The van der Waals surface area contributed by atoms with Crippen molar-refractivity contribution in [1.29, 1.82) is 0 Å². The van der Waals surface area contributed by atoms with Crippen LogP contribution in [0.15, 0.2) is 70.5 Å². The Bertz CT molecular complexity index is 993. The number of aliphatic hydroxyl groups excluding tert-OH is 4. The minimum atomic E-state index is -0.980. The molecule has 0 heterocycles. The molecule has 0 amide bonds. The Hall–Kier alpha value is -3.26. The van der Waals surface area contributed by atoms with Crippen molar-refractivity contribution in [3.63, 3.8) is 0 Å². The van der Waals surface area contributed by atoms with Gasteiger partial charge in [-0.2, -0.15) is 0 Å². The molecule has 0 saturated heterocycles. The molecule has 32 heavy (non-hydrogen) atoms. The largest absolute Gasteiger partial charge is 0.512 e. The third kappa shape index (κ3) is 4.96. The first kappa shape index (κ1) is 22.0. The van der Waals surface area contributed by atoms with Crippen LogP contribution in [0.4, 0.5) is 0 Å². The lowest BCUT2D eigenvalue weighted by molar-refractivity contribution is -0.168. The minimum absolute atomic E-state index is 0.0182. The summed E-state index contributed by atoms with van der Waals surface area (Å²) in [6.07, 6.45) is 9.16. The number of hydrogen-bond acceptors (Lipinski definition) is 8. The van der Waals surface area contributed by atoms with Crippen LogP contribution in [0.3, 0.4) is 0 Å². The molecule has 4 aliphatic carbocycles. The van der Waals surface area contributed by atoms with E-state index in [0.717, 1.165) is 24.0 Å². The monoisotopic (exact) mass is 442 g/mol. The van der Waals surface area contributed by atoms with Crippen molar-refractivity contribution in [2.75, 3.05) is 0 Å². The Labute approximate surface area is 185 Å². The molecule has 0 spiro atoms. The van der Waals surface area contributed by atoms with Crippen LogP contribution in [0.2, 0.25) is 0 Å². The Kier molecular flexibility index (Phi) is 6.23. The third-order valence-electron chi connectivity index (χ3n) is 5.99. The van der Waals surface area contributed by atoms with E-state index in [2.05, 4.69) is 6.08 Å². The summed E-state index contributed by atoms with van der Waals surface area (Å²) in [4.78, 5) is 25.5. The molecule has 0 aromatic rings. The number of carbonyl (C=O) groups is 2. The fourth-order valence-corrected chi connectivity index (χ4v) is 4.44. The van der Waals surface area contributed by atoms with Crippen LogP contribution in [-0.2, 0) is 19.1 Å². The molecule has 4 rings (SSSR count). The van der Waals surface area contributed by atoms with E-state index in [1.165, 1.54) is 24.3 Å². The molecule has 0 aromatic carbocycles. The van der Waals surface area contributed by atoms with Gasteiger partial charge in [0.1, 0.15) is 23.7 Å². The zero-order valence-electron chi connectivity index (χ0n) is 17.4. The molecule has 0 aliphatic heterocycles. The summed E-state index contributed by atoms with van der Waals surface area (Å²) in [6.45, 7) is 0. The molecule has 0 bridgehead atoms. The molecular formula is C24H26O8. The summed E-state index contributed by atoms with van der Waals surface area (Å²) in [5.41, 5.74) is 2.34. The second-order valence-corrected chi connectivity index (χ2v) is 8.47. The number of allylic oxidation sites excluding steroid dienone is 5. The lowest BCUT2D eigenvalue weighted by Crippen LogP contribution is -2.40. The quantitative estimate of drug-likeness (QED) is 0.488. The molecule has 0 radical (unpaired) electrons. The van der Waals surface area contributed by atoms with Crippen LogP contribution < -0.4 is 0 Å². The molecule has 8 heteroatoms. The molecule has 8 nitrogen and oxygen atoms in total. The summed E-state index contributed by atoms with van der Waals surface area (Å²) < 4.78 is 11.4. The highest BCUT2D eigenvalue weighted by Crippen LogP contribution is 2.36. The summed E-state index contributed by atoms with van der Waals surface area (Å²) in [5, 5.41) is 38.9. The molecule has 0 saturated carbocycles. The molecule has 0 aromatic heterocycles. The van der Waals surface area contributed by atoms with E-state index in [9.17, 15) is 30.0 Å². The zero-order valence-corrected chi connectivity index (χ0v) is 17.4. The molecule has 170 valence electrons. The van der Waals surface area contributed by atoms with Gasteiger partial charge in [-0.3, -0.25) is 4.79 Å². The van der Waals surface area contributed by atoms with Crippen molar-refractivity contribution < 1.29 is 39.5 Å². The van der Waals surface area contributed by atoms with Crippen LogP contribution in [0.5, 0.6) is 0 Å². The molecule has 0 fully saturated rings. The smallest absolute Gasteiger partial charge is 0.334 e. The number of esters is 2. The van der Waals surface area contributed by atoms with Gasteiger partial charge in [0.25, 0.3) is 0 Å². The Balaban J connectivity index is 1.51. The maximum Gasteiger partial charge on any atom is 0.334 e. The zero-order chi connectivity index (χ0) is 22.8. The van der Waals surface area contributed by atoms with Crippen LogP contribution >= 0.6 is 0 Å². The first-order valence-electron chi connectivity index (χ1n) is 10.7. The van der Waals surface area contributed by atoms with Gasteiger partial charge in [-0.1, -0.05) is 17.7 Å². The van der Waals surface area contributed by atoms with Crippen molar-refractivity contribution >= 4 is 11.9 Å². The van der Waals surface area contributed by atoms with Gasteiger partial charge in [-0.05, 0) is 36.6 Å². The Morgan fingerprint density at radius 2 is 1.66 bits per heavy atom. The van der Waals surface area contributed by atoms with E-state index in [1.807, 2.05) is 6.08 Å². The Morgan fingerprint density at radius 3 is 2.41 bits per heavy atom. The van der Waals surface area contributed by atoms with Gasteiger partial charge in [0.05, 0.1) is 17.8 Å². The number of ether oxygens (including phenoxy) is 2. The molecule has 4 atom stereocenters. The normalized spacial score (nSPS) is 29.8. The van der Waals surface area contributed by atoms with Crippen LogP contribution in [0, 0.1) is 5.92 Å². The average Bonchev–Trinajstić information content (AvgIpc) is 2.72. The van der Waals surface area contributed by atoms with Crippen molar-refractivity contribution in [2.45, 2.75) is 56.8 Å². The van der Waals surface area contributed by atoms with Crippen molar-refractivity contribution in [3.05, 3.63) is 70.5 Å². The summed E-state index contributed by atoms with van der Waals surface area (Å²) >= 11 is 0. The van der Waals surface area contributed by atoms with E-state index < -0.39 is 36.2 Å². The predicted molar refractivity (Wildman–Crippen MR) is 113 cm³/mol. The highest BCUT2D eigenvalue weighted by Gasteiger charge is 2.37. The summed E-state index contributed by atoms with van der Waals surface area (Å²) in [6, 6.07) is 0. The first-order chi connectivity index (χ1) is 15.3. The fourth-order valence-electron chi connectivity index (χ4n) is 4.44. The Morgan fingerprint density at radius 1 is 0.906 bits per heavy atom. The maximum atomic E-state index is 12.8. The van der Waals surface area contributed by atoms with E-state index in [4.69, 9.17) is 9.47 Å². The lowest BCUT2D eigenvalue weighted by Gasteiger charge is -2.35. The number of carbonyl (C=O) groups excluding carboxylic acids is 2. The maximum absolute atomic E-state index is 12.8. The standard InChI is InChI=1S/C24H26O8/c25-17-5-15(6-18(26)11-17)23(29)31-21-9-13-3-1-2-4-14(13)10-22(21)32-24(30)16-7-19(27)12-20(28)8-16/h1,3,5,7,11-12,15,20-22,25-28H,2,4,6,8-10H2/t15?,20?,21-,22+/m1/s1. The number of rotatable bonds is 4. The van der Waals surface area contributed by atoms with Gasteiger partial charge in [0.15, 0.2) is 0 Å².